The topological polar surface area (TPSA) is 29.5 Å². The molecule has 0 unspecified atom stereocenters. The van der Waals surface area contributed by atoms with Crippen molar-refractivity contribution in [3.63, 3.8) is 0 Å². The number of para-hydroxylation sites is 1. The Hall–Kier alpha value is -2.08. The summed E-state index contributed by atoms with van der Waals surface area (Å²) in [6.45, 7) is 1.13. The van der Waals surface area contributed by atoms with Crippen LogP contribution in [-0.4, -0.2) is 36.8 Å². The minimum atomic E-state index is -0.435. The smallest absolute Gasteiger partial charge is 0.227 e. The van der Waals surface area contributed by atoms with Crippen molar-refractivity contribution in [2.75, 3.05) is 26.0 Å². The molecule has 1 amide bonds. The van der Waals surface area contributed by atoms with Gasteiger partial charge in [0, 0.05) is 35.2 Å². The summed E-state index contributed by atoms with van der Waals surface area (Å²) in [7, 11) is 1.59. The maximum absolute atomic E-state index is 14.0. The molecule has 0 bridgehead atoms. The number of thioether (sulfide) groups is 1. The van der Waals surface area contributed by atoms with E-state index in [4.69, 9.17) is 4.74 Å². The fourth-order valence-corrected chi connectivity index (χ4v) is 4.40. The number of halogens is 2. The number of nitrogens with zero attached hydrogens (tertiary/aromatic N) is 1. The number of methoxy groups -OCH3 is 1. The van der Waals surface area contributed by atoms with E-state index in [9.17, 15) is 13.6 Å². The van der Waals surface area contributed by atoms with E-state index in [1.807, 2.05) is 24.3 Å². The summed E-state index contributed by atoms with van der Waals surface area (Å²) in [5, 5.41) is -0.144. The van der Waals surface area contributed by atoms with Gasteiger partial charge in [0.15, 0.2) is 0 Å². The van der Waals surface area contributed by atoms with Crippen molar-refractivity contribution >= 4 is 17.7 Å². The maximum atomic E-state index is 14.0. The Morgan fingerprint density at radius 1 is 1.23 bits per heavy atom. The molecule has 1 atom stereocenters. The normalized spacial score (nSPS) is 17.7. The average Bonchev–Trinajstić information content (AvgIpc) is 2.90. The standard InChI is InChI=1S/C20H21F2NO2S/c1-25-18-5-3-2-4-14(18)12-20(24)23-9-8-19(26-11-10-23)16-13-15(21)6-7-17(16)22/h2-7,13,19H,8-12H2,1H3/t19-/m0/s1. The second kappa shape index (κ2) is 8.54. The third kappa shape index (κ3) is 4.36. The molecule has 1 saturated heterocycles. The lowest BCUT2D eigenvalue weighted by Gasteiger charge is -2.21. The van der Waals surface area contributed by atoms with Gasteiger partial charge in [0.25, 0.3) is 0 Å². The molecule has 2 aromatic carbocycles. The monoisotopic (exact) mass is 377 g/mol. The van der Waals surface area contributed by atoms with Crippen molar-refractivity contribution in [2.24, 2.45) is 0 Å². The van der Waals surface area contributed by atoms with Gasteiger partial charge in [-0.05, 0) is 30.7 Å². The van der Waals surface area contributed by atoms with Gasteiger partial charge in [-0.15, -0.1) is 0 Å². The number of carbonyl (C=O) groups excluding carboxylic acids is 1. The quantitative estimate of drug-likeness (QED) is 0.799. The van der Waals surface area contributed by atoms with Gasteiger partial charge in [-0.3, -0.25) is 4.79 Å². The van der Waals surface area contributed by atoms with Crippen molar-refractivity contribution in [3.05, 3.63) is 65.2 Å². The van der Waals surface area contributed by atoms with E-state index < -0.39 is 11.6 Å². The van der Waals surface area contributed by atoms with Crippen LogP contribution in [-0.2, 0) is 11.2 Å². The molecule has 2 aromatic rings. The number of ether oxygens (including phenoxy) is 1. The molecule has 26 heavy (non-hydrogen) atoms. The fraction of sp³-hybridized carbons (Fsp3) is 0.350. The molecule has 1 fully saturated rings. The van der Waals surface area contributed by atoms with Crippen LogP contribution in [0.2, 0.25) is 0 Å². The summed E-state index contributed by atoms with van der Waals surface area (Å²) < 4.78 is 32.8. The third-order valence-corrected chi connectivity index (χ3v) is 5.84. The van der Waals surface area contributed by atoms with Crippen molar-refractivity contribution in [1.29, 1.82) is 0 Å². The molecule has 0 aliphatic carbocycles. The number of benzene rings is 2. The molecule has 138 valence electrons. The number of rotatable bonds is 4. The average molecular weight is 377 g/mol. The lowest BCUT2D eigenvalue weighted by atomic mass is 10.1. The van der Waals surface area contributed by atoms with Crippen molar-refractivity contribution in [3.8, 4) is 5.75 Å². The Morgan fingerprint density at radius 3 is 2.85 bits per heavy atom. The molecule has 1 heterocycles. The second-order valence-electron chi connectivity index (χ2n) is 6.18. The highest BCUT2D eigenvalue weighted by Gasteiger charge is 2.24. The summed E-state index contributed by atoms with van der Waals surface area (Å²) in [6, 6.07) is 11.0. The Balaban J connectivity index is 1.66. The summed E-state index contributed by atoms with van der Waals surface area (Å²) in [4.78, 5) is 14.5. The first-order valence-corrected chi connectivity index (χ1v) is 9.59. The van der Waals surface area contributed by atoms with Gasteiger partial charge in [-0.25, -0.2) is 8.78 Å². The van der Waals surface area contributed by atoms with Gasteiger partial charge >= 0.3 is 0 Å². The van der Waals surface area contributed by atoms with Crippen LogP contribution in [0, 0.1) is 11.6 Å². The van der Waals surface area contributed by atoms with Gasteiger partial charge in [0.2, 0.25) is 5.91 Å². The zero-order chi connectivity index (χ0) is 18.5. The first kappa shape index (κ1) is 18.7. The van der Waals surface area contributed by atoms with Gasteiger partial charge in [-0.1, -0.05) is 18.2 Å². The number of hydrogen-bond acceptors (Lipinski definition) is 3. The molecule has 0 radical (unpaired) electrons. The SMILES string of the molecule is COc1ccccc1CC(=O)N1CCS[C@H](c2cc(F)ccc2F)CC1. The number of amides is 1. The van der Waals surface area contributed by atoms with Crippen molar-refractivity contribution < 1.29 is 18.3 Å². The molecule has 0 N–H and O–H groups in total. The van der Waals surface area contributed by atoms with Crippen LogP contribution in [0.4, 0.5) is 8.78 Å². The molecule has 0 spiro atoms. The first-order chi connectivity index (χ1) is 12.6. The minimum absolute atomic E-state index is 0.0236. The maximum Gasteiger partial charge on any atom is 0.227 e. The van der Waals surface area contributed by atoms with Gasteiger partial charge in [0.1, 0.15) is 17.4 Å². The summed E-state index contributed by atoms with van der Waals surface area (Å²) >= 11 is 1.57. The highest BCUT2D eigenvalue weighted by atomic mass is 32.2. The Morgan fingerprint density at radius 2 is 2.04 bits per heavy atom. The first-order valence-electron chi connectivity index (χ1n) is 8.54. The van der Waals surface area contributed by atoms with Crippen LogP contribution in [0.3, 0.4) is 0 Å². The van der Waals surface area contributed by atoms with Crippen LogP contribution in [0.5, 0.6) is 5.75 Å². The van der Waals surface area contributed by atoms with Crippen LogP contribution in [0.1, 0.15) is 22.8 Å². The Kier molecular flexibility index (Phi) is 6.14. The second-order valence-corrected chi connectivity index (χ2v) is 7.49. The Labute approximate surface area is 156 Å². The lowest BCUT2D eigenvalue weighted by molar-refractivity contribution is -0.130. The molecule has 1 aliphatic heterocycles. The van der Waals surface area contributed by atoms with Gasteiger partial charge < -0.3 is 9.64 Å². The van der Waals surface area contributed by atoms with Crippen LogP contribution < -0.4 is 4.74 Å². The molecular weight excluding hydrogens is 356 g/mol. The summed E-state index contributed by atoms with van der Waals surface area (Å²) in [5.41, 5.74) is 1.23. The van der Waals surface area contributed by atoms with Crippen LogP contribution >= 0.6 is 11.8 Å². The third-order valence-electron chi connectivity index (χ3n) is 4.53. The number of hydrogen-bond donors (Lipinski definition) is 0. The molecular formula is C20H21F2NO2S. The summed E-state index contributed by atoms with van der Waals surface area (Å²) in [5.74, 6) is 0.589. The van der Waals surface area contributed by atoms with E-state index in [-0.39, 0.29) is 17.6 Å². The highest BCUT2D eigenvalue weighted by molar-refractivity contribution is 7.99. The van der Waals surface area contributed by atoms with Crippen LogP contribution in [0.25, 0.3) is 0 Å². The van der Waals surface area contributed by atoms with E-state index >= 15 is 0 Å². The van der Waals surface area contributed by atoms with E-state index in [1.54, 1.807) is 23.8 Å². The fourth-order valence-electron chi connectivity index (χ4n) is 3.15. The summed E-state index contributed by atoms with van der Waals surface area (Å²) in [6.07, 6.45) is 0.871. The van der Waals surface area contributed by atoms with E-state index in [1.165, 1.54) is 12.1 Å². The molecule has 0 aromatic heterocycles. The zero-order valence-corrected chi connectivity index (χ0v) is 15.4. The van der Waals surface area contributed by atoms with Crippen molar-refractivity contribution in [2.45, 2.75) is 18.1 Å². The minimum Gasteiger partial charge on any atom is -0.496 e. The van der Waals surface area contributed by atoms with E-state index in [2.05, 4.69) is 0 Å². The molecule has 3 rings (SSSR count). The highest BCUT2D eigenvalue weighted by Crippen LogP contribution is 2.36. The van der Waals surface area contributed by atoms with Gasteiger partial charge in [0.05, 0.1) is 13.5 Å². The predicted molar refractivity (Wildman–Crippen MR) is 99.5 cm³/mol. The van der Waals surface area contributed by atoms with E-state index in [0.29, 0.717) is 36.6 Å². The molecule has 1 aliphatic rings. The van der Waals surface area contributed by atoms with Crippen molar-refractivity contribution in [1.82, 2.24) is 4.90 Å². The lowest BCUT2D eigenvalue weighted by Crippen LogP contribution is -2.34. The molecule has 6 heteroatoms. The van der Waals surface area contributed by atoms with Gasteiger partial charge in [-0.2, -0.15) is 11.8 Å². The number of carbonyl (C=O) groups is 1. The zero-order valence-electron chi connectivity index (χ0n) is 14.6. The molecule has 3 nitrogen and oxygen atoms in total. The largest absolute Gasteiger partial charge is 0.496 e. The predicted octanol–water partition coefficient (Wildman–Crippen LogP) is 4.22. The van der Waals surface area contributed by atoms with E-state index in [0.717, 1.165) is 11.6 Å². The Bertz CT molecular complexity index is 784. The van der Waals surface area contributed by atoms with Crippen LogP contribution in [0.15, 0.2) is 42.5 Å². The molecule has 0 saturated carbocycles.